The van der Waals surface area contributed by atoms with Crippen molar-refractivity contribution in [3.8, 4) is 22.8 Å². The highest BCUT2D eigenvalue weighted by Gasteiger charge is 2.35. The number of hydrogen-bond acceptors (Lipinski definition) is 8. The van der Waals surface area contributed by atoms with E-state index in [4.69, 9.17) is 65.0 Å². The zero-order valence-corrected chi connectivity index (χ0v) is 30.2. The molecule has 1 aliphatic rings. The Morgan fingerprint density at radius 2 is 1.73 bits per heavy atom. The molecule has 0 N–H and O–H groups in total. The van der Waals surface area contributed by atoms with E-state index in [0.717, 1.165) is 5.56 Å². The summed E-state index contributed by atoms with van der Waals surface area (Å²) in [4.78, 5) is 32.5. The van der Waals surface area contributed by atoms with Gasteiger partial charge in [-0.3, -0.25) is 9.36 Å². The number of carbonyl (C=O) groups is 1. The number of furan rings is 1. The van der Waals surface area contributed by atoms with Crippen LogP contribution < -0.4 is 24.4 Å². The molecule has 0 aliphatic carbocycles. The second kappa shape index (κ2) is 14.9. The van der Waals surface area contributed by atoms with Crippen LogP contribution in [-0.4, -0.2) is 23.8 Å². The molecule has 0 spiro atoms. The molecule has 49 heavy (non-hydrogen) atoms. The summed E-state index contributed by atoms with van der Waals surface area (Å²) in [5.41, 5.74) is 2.42. The van der Waals surface area contributed by atoms with Crippen molar-refractivity contribution in [2.24, 2.45) is 4.99 Å². The third-order valence-electron chi connectivity index (χ3n) is 7.58. The predicted octanol–water partition coefficient (Wildman–Crippen LogP) is 8.65. The molecule has 0 fully saturated rings. The first-order chi connectivity index (χ1) is 23.6. The summed E-state index contributed by atoms with van der Waals surface area (Å²) in [5, 5.41) is 1.81. The van der Waals surface area contributed by atoms with Crippen LogP contribution in [0.1, 0.15) is 43.7 Å². The summed E-state index contributed by atoms with van der Waals surface area (Å²) < 4.78 is 25.5. The van der Waals surface area contributed by atoms with E-state index in [-0.39, 0.29) is 24.3 Å². The van der Waals surface area contributed by atoms with E-state index in [2.05, 4.69) is 4.99 Å². The number of thiazole rings is 1. The number of ether oxygens (including phenoxy) is 3. The average Bonchev–Trinajstić information content (AvgIpc) is 3.67. The molecule has 1 aliphatic heterocycles. The van der Waals surface area contributed by atoms with Crippen LogP contribution in [0.15, 0.2) is 92.2 Å². The number of rotatable bonds is 10. The van der Waals surface area contributed by atoms with Crippen molar-refractivity contribution in [3.63, 3.8) is 0 Å². The first-order valence-electron chi connectivity index (χ1n) is 15.2. The quantitative estimate of drug-likeness (QED) is 0.133. The molecule has 0 saturated carbocycles. The van der Waals surface area contributed by atoms with E-state index in [9.17, 15) is 9.59 Å². The van der Waals surface area contributed by atoms with Crippen molar-refractivity contribution in [3.05, 3.63) is 135 Å². The smallest absolute Gasteiger partial charge is 0.338 e. The molecule has 1 atom stereocenters. The summed E-state index contributed by atoms with van der Waals surface area (Å²) in [5.74, 6) is 1.26. The van der Waals surface area contributed by atoms with E-state index in [0.29, 0.717) is 75.9 Å². The van der Waals surface area contributed by atoms with Crippen molar-refractivity contribution in [1.82, 2.24) is 4.57 Å². The Labute approximate surface area is 305 Å². The Morgan fingerprint density at radius 3 is 2.47 bits per heavy atom. The van der Waals surface area contributed by atoms with Crippen molar-refractivity contribution >= 4 is 69.8 Å². The molecular weight excluding hydrogens is 730 g/mol. The van der Waals surface area contributed by atoms with Gasteiger partial charge in [0.15, 0.2) is 16.3 Å². The second-order valence-electron chi connectivity index (χ2n) is 10.8. The maximum Gasteiger partial charge on any atom is 0.338 e. The highest BCUT2D eigenvalue weighted by atomic mass is 35.5. The van der Waals surface area contributed by atoms with E-state index in [1.54, 1.807) is 80.6 Å². The van der Waals surface area contributed by atoms with Crippen molar-refractivity contribution in [2.45, 2.75) is 33.4 Å². The summed E-state index contributed by atoms with van der Waals surface area (Å²) in [6.07, 6.45) is 1.75. The van der Waals surface area contributed by atoms with Gasteiger partial charge in [-0.1, -0.05) is 69.9 Å². The van der Waals surface area contributed by atoms with Crippen LogP contribution in [-0.2, 0) is 16.1 Å². The number of aromatic nitrogens is 1. The Balaban J connectivity index is 1.39. The second-order valence-corrected chi connectivity index (χ2v) is 13.5. The van der Waals surface area contributed by atoms with Gasteiger partial charge in [0.25, 0.3) is 5.56 Å². The van der Waals surface area contributed by atoms with E-state index >= 15 is 0 Å². The van der Waals surface area contributed by atoms with Crippen molar-refractivity contribution < 1.29 is 23.4 Å². The third kappa shape index (κ3) is 7.32. The molecule has 0 unspecified atom stereocenters. The van der Waals surface area contributed by atoms with Crippen LogP contribution in [0.5, 0.6) is 11.5 Å². The number of hydrogen-bond donors (Lipinski definition) is 0. The first kappa shape index (κ1) is 34.9. The Bertz CT molecular complexity index is 2290. The number of nitrogens with zero attached hydrogens (tertiary/aromatic N) is 2. The zero-order chi connectivity index (χ0) is 34.8. The van der Waals surface area contributed by atoms with Gasteiger partial charge in [0.2, 0.25) is 0 Å². The van der Waals surface area contributed by atoms with Gasteiger partial charge in [0.1, 0.15) is 24.2 Å². The zero-order valence-electron chi connectivity index (χ0n) is 26.4. The fraction of sp³-hybridized carbons (Fsp3) is 0.194. The summed E-state index contributed by atoms with van der Waals surface area (Å²) >= 11 is 25.9. The fourth-order valence-corrected chi connectivity index (χ4v) is 7.12. The van der Waals surface area contributed by atoms with Crippen LogP contribution in [0.3, 0.4) is 0 Å². The molecule has 5 aromatic rings. The minimum atomic E-state index is -0.927. The Hall–Kier alpha value is -3.99. The van der Waals surface area contributed by atoms with Crippen LogP contribution in [0.2, 0.25) is 20.1 Å². The van der Waals surface area contributed by atoms with Gasteiger partial charge < -0.3 is 18.6 Å². The lowest BCUT2D eigenvalue weighted by Crippen LogP contribution is -2.39. The first-order valence-corrected chi connectivity index (χ1v) is 17.5. The third-order valence-corrected chi connectivity index (χ3v) is 9.89. The number of benzene rings is 3. The van der Waals surface area contributed by atoms with Crippen LogP contribution in [0, 0.1) is 0 Å². The van der Waals surface area contributed by atoms with Gasteiger partial charge in [-0.25, -0.2) is 9.79 Å². The number of carbonyl (C=O) groups excluding carboxylic acids is 1. The standard InChI is InChI=1S/C36H28Cl4N2O6S/c1-4-45-30-14-20(6-11-28(30)47-18-22-7-9-23(37)17-25(22)39)15-31-34(43)42-33(32(35(44)46-5-2)19(3)41-36(42)49-31)29-13-12-27(48-29)21-8-10-24(38)26(40)16-21/h6-17,33H,4-5,18H2,1-3H3/b31-15-/t33-/m1/s1. The molecular formula is C36H28Cl4N2O6S. The summed E-state index contributed by atoms with van der Waals surface area (Å²) in [6, 6.07) is 18.3. The molecule has 0 bridgehead atoms. The maximum absolute atomic E-state index is 14.1. The lowest BCUT2D eigenvalue weighted by molar-refractivity contribution is -0.139. The molecule has 13 heteroatoms. The van der Waals surface area contributed by atoms with Crippen LogP contribution in [0.4, 0.5) is 0 Å². The lowest BCUT2D eigenvalue weighted by atomic mass is 10.0. The molecule has 3 aromatic carbocycles. The maximum atomic E-state index is 14.1. The number of allylic oxidation sites excluding steroid dienone is 1. The van der Waals surface area contributed by atoms with Crippen molar-refractivity contribution in [1.29, 1.82) is 0 Å². The minimum absolute atomic E-state index is 0.147. The molecule has 6 rings (SSSR count). The molecule has 0 radical (unpaired) electrons. The minimum Gasteiger partial charge on any atom is -0.490 e. The van der Waals surface area contributed by atoms with Crippen LogP contribution >= 0.6 is 57.7 Å². The summed E-state index contributed by atoms with van der Waals surface area (Å²) in [6.45, 7) is 6.04. The highest BCUT2D eigenvalue weighted by molar-refractivity contribution is 7.07. The number of halogens is 4. The fourth-order valence-electron chi connectivity index (χ4n) is 5.31. The van der Waals surface area contributed by atoms with Crippen LogP contribution in [0.25, 0.3) is 17.4 Å². The van der Waals surface area contributed by atoms with Gasteiger partial charge >= 0.3 is 5.97 Å². The van der Waals surface area contributed by atoms with Gasteiger partial charge in [-0.2, -0.15) is 0 Å². The Kier molecular flexibility index (Phi) is 10.6. The molecule has 8 nitrogen and oxygen atoms in total. The number of fused-ring (bicyclic) bond motifs is 1. The van der Waals surface area contributed by atoms with Gasteiger partial charge in [-0.05, 0) is 87.0 Å². The average molecular weight is 759 g/mol. The van der Waals surface area contributed by atoms with Crippen molar-refractivity contribution in [2.75, 3.05) is 13.2 Å². The molecule has 2 aromatic heterocycles. The molecule has 0 saturated heterocycles. The molecule has 3 heterocycles. The Morgan fingerprint density at radius 1 is 0.918 bits per heavy atom. The van der Waals surface area contributed by atoms with E-state index in [1.165, 1.54) is 15.9 Å². The molecule has 252 valence electrons. The van der Waals surface area contributed by atoms with E-state index in [1.807, 2.05) is 13.0 Å². The normalized spacial score (nSPS) is 14.4. The lowest BCUT2D eigenvalue weighted by Gasteiger charge is -2.22. The topological polar surface area (TPSA) is 92.3 Å². The monoisotopic (exact) mass is 756 g/mol. The SMILES string of the molecule is CCOC(=O)C1=C(C)N=c2s/c(=C\c3ccc(OCc4ccc(Cl)cc4Cl)c(OCC)c3)c(=O)n2[C@@H]1c1ccc(-c2ccc(Cl)c(Cl)c2)o1. The van der Waals surface area contributed by atoms with Gasteiger partial charge in [-0.15, -0.1) is 0 Å². The number of esters is 1. The van der Waals surface area contributed by atoms with Gasteiger partial charge in [0, 0.05) is 21.2 Å². The highest BCUT2D eigenvalue weighted by Crippen LogP contribution is 2.36. The summed E-state index contributed by atoms with van der Waals surface area (Å²) in [7, 11) is 0. The molecule has 0 amide bonds. The largest absolute Gasteiger partial charge is 0.490 e. The predicted molar refractivity (Wildman–Crippen MR) is 193 cm³/mol. The van der Waals surface area contributed by atoms with Gasteiger partial charge in [0.05, 0.1) is 39.1 Å². The van der Waals surface area contributed by atoms with E-state index < -0.39 is 12.0 Å².